The van der Waals surface area contributed by atoms with E-state index in [-0.39, 0.29) is 11.9 Å². The highest BCUT2D eigenvalue weighted by molar-refractivity contribution is 6.30. The van der Waals surface area contributed by atoms with Gasteiger partial charge < -0.3 is 15.1 Å². The Kier molecular flexibility index (Phi) is 6.23. The summed E-state index contributed by atoms with van der Waals surface area (Å²) in [5.41, 5.74) is 3.15. The van der Waals surface area contributed by atoms with Crippen LogP contribution in [0.5, 0.6) is 0 Å². The third kappa shape index (κ3) is 4.98. The van der Waals surface area contributed by atoms with Gasteiger partial charge in [0.25, 0.3) is 5.91 Å². The molecule has 0 aliphatic rings. The molecule has 2 atom stereocenters. The monoisotopic (exact) mass is 346 g/mol. The first-order valence-electron chi connectivity index (χ1n) is 8.02. The summed E-state index contributed by atoms with van der Waals surface area (Å²) in [6.45, 7) is 2.73. The molecule has 0 aromatic heterocycles. The maximum Gasteiger partial charge on any atom is 0.282 e. The van der Waals surface area contributed by atoms with E-state index in [9.17, 15) is 4.79 Å². The van der Waals surface area contributed by atoms with Crippen molar-refractivity contribution < 1.29 is 9.69 Å². The SMILES string of the molecule is C[C@H](C(=O)Nc1ccc(Cl)cc1)[NH+](C)Cc1ccc(N(C)C)cc1. The molecule has 1 amide bonds. The van der Waals surface area contributed by atoms with Gasteiger partial charge in [-0.05, 0) is 43.3 Å². The number of nitrogens with zero attached hydrogens (tertiary/aromatic N) is 1. The number of likely N-dealkylation sites (N-methyl/N-ethyl adjacent to an activating group) is 1. The van der Waals surface area contributed by atoms with Crippen LogP contribution in [0.1, 0.15) is 12.5 Å². The Labute approximate surface area is 149 Å². The fourth-order valence-electron chi connectivity index (χ4n) is 2.39. The standard InChI is InChI=1S/C19H24ClN3O/c1-14(19(24)21-17-9-7-16(20)8-10-17)23(4)13-15-5-11-18(12-6-15)22(2)3/h5-12,14H,13H2,1-4H3,(H,21,24)/p+1/t14-/m1/s1. The highest BCUT2D eigenvalue weighted by Crippen LogP contribution is 2.13. The summed E-state index contributed by atoms with van der Waals surface area (Å²) in [6, 6.07) is 15.4. The molecular formula is C19H25ClN3O+. The molecule has 2 aromatic carbocycles. The molecule has 0 radical (unpaired) electrons. The number of rotatable bonds is 6. The smallest absolute Gasteiger partial charge is 0.282 e. The van der Waals surface area contributed by atoms with Gasteiger partial charge in [-0.25, -0.2) is 0 Å². The normalized spacial score (nSPS) is 13.2. The number of quaternary nitrogens is 1. The van der Waals surface area contributed by atoms with Crippen molar-refractivity contribution in [2.75, 3.05) is 31.4 Å². The van der Waals surface area contributed by atoms with Crippen LogP contribution in [0.3, 0.4) is 0 Å². The van der Waals surface area contributed by atoms with Gasteiger partial charge in [0.2, 0.25) is 0 Å². The van der Waals surface area contributed by atoms with Gasteiger partial charge in [0.15, 0.2) is 6.04 Å². The number of anilines is 2. The molecular weight excluding hydrogens is 322 g/mol. The number of benzene rings is 2. The maximum atomic E-state index is 12.4. The molecule has 24 heavy (non-hydrogen) atoms. The maximum absolute atomic E-state index is 12.4. The molecule has 4 nitrogen and oxygen atoms in total. The Balaban J connectivity index is 1.94. The lowest BCUT2D eigenvalue weighted by molar-refractivity contribution is -0.907. The molecule has 0 saturated carbocycles. The predicted molar refractivity (Wildman–Crippen MR) is 101 cm³/mol. The first kappa shape index (κ1) is 18.3. The molecule has 0 heterocycles. The summed E-state index contributed by atoms with van der Waals surface area (Å²) >= 11 is 5.86. The van der Waals surface area contributed by atoms with Gasteiger partial charge in [0.1, 0.15) is 6.54 Å². The average Bonchev–Trinajstić information content (AvgIpc) is 2.56. The van der Waals surface area contributed by atoms with Gasteiger partial charge in [-0.1, -0.05) is 23.7 Å². The fourth-order valence-corrected chi connectivity index (χ4v) is 2.52. The Morgan fingerprint density at radius 2 is 1.71 bits per heavy atom. The second-order valence-corrected chi connectivity index (χ2v) is 6.74. The van der Waals surface area contributed by atoms with Crippen LogP contribution in [0, 0.1) is 0 Å². The lowest BCUT2D eigenvalue weighted by Gasteiger charge is -2.21. The number of carbonyl (C=O) groups excluding carboxylic acids is 1. The van der Waals surface area contributed by atoms with Crippen LogP contribution in [-0.4, -0.2) is 33.1 Å². The Bertz CT molecular complexity index is 668. The minimum Gasteiger partial charge on any atom is -0.378 e. The summed E-state index contributed by atoms with van der Waals surface area (Å²) in [5, 5.41) is 3.59. The van der Waals surface area contributed by atoms with Gasteiger partial charge in [0, 0.05) is 36.1 Å². The van der Waals surface area contributed by atoms with Gasteiger partial charge in [-0.3, -0.25) is 4.79 Å². The highest BCUT2D eigenvalue weighted by atomic mass is 35.5. The summed E-state index contributed by atoms with van der Waals surface area (Å²) in [7, 11) is 6.08. The van der Waals surface area contributed by atoms with Crippen LogP contribution >= 0.6 is 11.6 Å². The second-order valence-electron chi connectivity index (χ2n) is 6.30. The van der Waals surface area contributed by atoms with Crippen molar-refractivity contribution in [2.24, 2.45) is 0 Å². The van der Waals surface area contributed by atoms with E-state index in [1.54, 1.807) is 12.1 Å². The quantitative estimate of drug-likeness (QED) is 0.843. The molecule has 0 aliphatic heterocycles. The van der Waals surface area contributed by atoms with E-state index in [1.165, 1.54) is 11.3 Å². The molecule has 128 valence electrons. The lowest BCUT2D eigenvalue weighted by atomic mass is 10.1. The molecule has 2 aromatic rings. The minimum absolute atomic E-state index is 0.000246. The van der Waals surface area contributed by atoms with E-state index in [1.807, 2.05) is 40.2 Å². The van der Waals surface area contributed by atoms with Gasteiger partial charge in [-0.15, -0.1) is 0 Å². The Morgan fingerprint density at radius 1 is 1.12 bits per heavy atom. The molecule has 2 N–H and O–H groups in total. The predicted octanol–water partition coefficient (Wildman–Crippen LogP) is 2.45. The van der Waals surface area contributed by atoms with Crippen LogP contribution in [0.25, 0.3) is 0 Å². The largest absolute Gasteiger partial charge is 0.378 e. The van der Waals surface area contributed by atoms with Gasteiger partial charge >= 0.3 is 0 Å². The molecule has 5 heteroatoms. The fraction of sp³-hybridized carbons (Fsp3) is 0.316. The van der Waals surface area contributed by atoms with Crippen molar-refractivity contribution in [1.82, 2.24) is 0 Å². The van der Waals surface area contributed by atoms with Crippen molar-refractivity contribution >= 4 is 28.9 Å². The number of carbonyl (C=O) groups is 1. The van der Waals surface area contributed by atoms with Crippen LogP contribution in [0.2, 0.25) is 5.02 Å². The molecule has 0 fully saturated rings. The van der Waals surface area contributed by atoms with E-state index in [4.69, 9.17) is 11.6 Å². The van der Waals surface area contributed by atoms with E-state index in [2.05, 4.69) is 34.5 Å². The summed E-state index contributed by atoms with van der Waals surface area (Å²) in [6.07, 6.45) is 0. The molecule has 0 aliphatic carbocycles. The summed E-state index contributed by atoms with van der Waals surface area (Å²) in [4.78, 5) is 15.6. The summed E-state index contributed by atoms with van der Waals surface area (Å²) < 4.78 is 0. The van der Waals surface area contributed by atoms with Crippen molar-refractivity contribution in [1.29, 1.82) is 0 Å². The number of halogens is 1. The molecule has 0 bridgehead atoms. The van der Waals surface area contributed by atoms with Gasteiger partial charge in [-0.2, -0.15) is 0 Å². The van der Waals surface area contributed by atoms with Crippen molar-refractivity contribution in [2.45, 2.75) is 19.5 Å². The zero-order chi connectivity index (χ0) is 17.7. The lowest BCUT2D eigenvalue weighted by Crippen LogP contribution is -3.12. The van der Waals surface area contributed by atoms with E-state index >= 15 is 0 Å². The number of hydrogen-bond acceptors (Lipinski definition) is 2. The molecule has 1 unspecified atom stereocenters. The third-order valence-corrected chi connectivity index (χ3v) is 4.43. The second kappa shape index (κ2) is 8.18. The molecule has 0 saturated heterocycles. The molecule has 0 spiro atoms. The topological polar surface area (TPSA) is 36.8 Å². The number of nitrogens with one attached hydrogen (secondary N) is 2. The van der Waals surface area contributed by atoms with Crippen LogP contribution in [0.4, 0.5) is 11.4 Å². The van der Waals surface area contributed by atoms with Gasteiger partial charge in [0.05, 0.1) is 7.05 Å². The van der Waals surface area contributed by atoms with E-state index in [0.29, 0.717) is 5.02 Å². The Hall–Kier alpha value is -2.04. The zero-order valence-corrected chi connectivity index (χ0v) is 15.4. The van der Waals surface area contributed by atoms with Crippen molar-refractivity contribution in [3.63, 3.8) is 0 Å². The van der Waals surface area contributed by atoms with Crippen molar-refractivity contribution in [3.8, 4) is 0 Å². The van der Waals surface area contributed by atoms with Crippen LogP contribution in [-0.2, 0) is 11.3 Å². The van der Waals surface area contributed by atoms with Crippen LogP contribution < -0.4 is 15.1 Å². The first-order valence-corrected chi connectivity index (χ1v) is 8.39. The number of amides is 1. The minimum atomic E-state index is -0.158. The van der Waals surface area contributed by atoms with E-state index < -0.39 is 0 Å². The third-order valence-electron chi connectivity index (χ3n) is 4.18. The highest BCUT2D eigenvalue weighted by Gasteiger charge is 2.22. The van der Waals surface area contributed by atoms with Crippen LogP contribution in [0.15, 0.2) is 48.5 Å². The summed E-state index contributed by atoms with van der Waals surface area (Å²) in [5.74, 6) is -0.000246. The number of hydrogen-bond donors (Lipinski definition) is 2. The molecule has 2 rings (SSSR count). The Morgan fingerprint density at radius 3 is 2.25 bits per heavy atom. The zero-order valence-electron chi connectivity index (χ0n) is 14.6. The first-order chi connectivity index (χ1) is 11.4. The van der Waals surface area contributed by atoms with Crippen molar-refractivity contribution in [3.05, 3.63) is 59.1 Å². The average molecular weight is 347 g/mol. The van der Waals surface area contributed by atoms with E-state index in [0.717, 1.165) is 17.1 Å².